The summed E-state index contributed by atoms with van der Waals surface area (Å²) in [5, 5.41) is 0. The Bertz CT molecular complexity index is 633. The number of hydrogen-bond donors (Lipinski definition) is 1. The first kappa shape index (κ1) is 19.0. The van der Waals surface area contributed by atoms with Crippen molar-refractivity contribution in [2.24, 2.45) is 10.8 Å². The first-order valence-electron chi connectivity index (χ1n) is 7.46. The molecular formula is C18H25NO4. The van der Waals surface area contributed by atoms with Crippen molar-refractivity contribution < 1.29 is 19.2 Å². The maximum Gasteiger partial charge on any atom is 0.275 e. The molecule has 1 N–H and O–H groups in total. The van der Waals surface area contributed by atoms with E-state index in [1.807, 2.05) is 20.8 Å². The highest BCUT2D eigenvalue weighted by Crippen LogP contribution is 2.27. The number of amides is 1. The number of carbonyl (C=O) groups is 3. The lowest BCUT2D eigenvalue weighted by Crippen LogP contribution is -2.29. The van der Waals surface area contributed by atoms with Crippen LogP contribution in [0.15, 0.2) is 18.2 Å². The molecule has 0 heterocycles. The van der Waals surface area contributed by atoms with Gasteiger partial charge in [0.05, 0.1) is 12.7 Å². The Morgan fingerprint density at radius 1 is 0.870 bits per heavy atom. The molecular weight excluding hydrogens is 294 g/mol. The average molecular weight is 319 g/mol. The molecule has 0 aliphatic rings. The third-order valence-electron chi connectivity index (χ3n) is 3.33. The van der Waals surface area contributed by atoms with Crippen LogP contribution in [-0.4, -0.2) is 24.6 Å². The normalized spacial score (nSPS) is 12.0. The zero-order chi connectivity index (χ0) is 18.0. The summed E-state index contributed by atoms with van der Waals surface area (Å²) in [4.78, 5) is 41.9. The van der Waals surface area contributed by atoms with E-state index in [-0.39, 0.29) is 22.7 Å². The molecule has 5 nitrogen and oxygen atoms in total. The monoisotopic (exact) mass is 319 g/mol. The summed E-state index contributed by atoms with van der Waals surface area (Å²) in [6, 6.07) is 4.57. The van der Waals surface area contributed by atoms with Crippen LogP contribution in [0.25, 0.3) is 0 Å². The van der Waals surface area contributed by atoms with Gasteiger partial charge >= 0.3 is 0 Å². The predicted octanol–water partition coefficient (Wildman–Crippen LogP) is 3.44. The molecule has 1 aromatic rings. The van der Waals surface area contributed by atoms with E-state index in [0.29, 0.717) is 5.56 Å². The quantitative estimate of drug-likeness (QED) is 0.681. The molecule has 1 rings (SSSR count). The summed E-state index contributed by atoms with van der Waals surface area (Å²) in [6.45, 7) is 10.7. The number of ketones is 2. The van der Waals surface area contributed by atoms with Crippen molar-refractivity contribution in [2.45, 2.75) is 41.5 Å². The first-order chi connectivity index (χ1) is 10.4. The van der Waals surface area contributed by atoms with Crippen LogP contribution in [0.4, 0.5) is 0 Å². The Morgan fingerprint density at radius 3 is 1.83 bits per heavy atom. The summed E-state index contributed by atoms with van der Waals surface area (Å²) in [5.74, 6) is -0.809. The molecule has 0 saturated carbocycles. The summed E-state index contributed by atoms with van der Waals surface area (Å²) in [7, 11) is 1.32. The van der Waals surface area contributed by atoms with Crippen LogP contribution in [0.2, 0.25) is 0 Å². The van der Waals surface area contributed by atoms with Crippen LogP contribution in [-0.2, 0) is 4.84 Å². The summed E-state index contributed by atoms with van der Waals surface area (Å²) >= 11 is 0. The Morgan fingerprint density at radius 2 is 1.39 bits per heavy atom. The van der Waals surface area contributed by atoms with E-state index >= 15 is 0 Å². The third kappa shape index (κ3) is 4.48. The Hall–Kier alpha value is -2.01. The molecule has 126 valence electrons. The third-order valence-corrected chi connectivity index (χ3v) is 3.33. The fraction of sp³-hybridized carbons (Fsp3) is 0.500. The van der Waals surface area contributed by atoms with Crippen molar-refractivity contribution in [3.05, 3.63) is 34.9 Å². The topological polar surface area (TPSA) is 72.5 Å². The summed E-state index contributed by atoms with van der Waals surface area (Å²) in [6.07, 6.45) is 0. The number of hydrogen-bond acceptors (Lipinski definition) is 4. The van der Waals surface area contributed by atoms with Gasteiger partial charge in [-0.3, -0.25) is 19.2 Å². The lowest BCUT2D eigenvalue weighted by molar-refractivity contribution is 0.0534. The number of carbonyl (C=O) groups excluding carboxylic acids is 3. The van der Waals surface area contributed by atoms with Gasteiger partial charge in [-0.2, -0.15) is 0 Å². The van der Waals surface area contributed by atoms with Crippen LogP contribution in [0, 0.1) is 10.8 Å². The van der Waals surface area contributed by atoms with Crippen molar-refractivity contribution in [1.82, 2.24) is 5.48 Å². The molecule has 0 bridgehead atoms. The highest BCUT2D eigenvalue weighted by Gasteiger charge is 2.30. The maximum atomic E-state index is 12.7. The van der Waals surface area contributed by atoms with Crippen molar-refractivity contribution in [3.63, 3.8) is 0 Å². The number of hydroxylamine groups is 1. The Balaban J connectivity index is 3.49. The number of rotatable bonds is 4. The second kappa shape index (κ2) is 6.62. The lowest BCUT2D eigenvalue weighted by atomic mass is 9.81. The highest BCUT2D eigenvalue weighted by molar-refractivity contribution is 6.11. The number of Topliss-reactive ketones (excluding diaryl/α,β-unsaturated/α-hetero) is 2. The SMILES string of the molecule is CONC(=O)c1ccc(C(=O)C(C)(C)C)cc1C(=O)C(C)(C)C. The standard InChI is InChI=1S/C18H25NO4/c1-17(2,3)14(20)11-8-9-12(16(22)19-23-7)13(10-11)15(21)18(4,5)6/h8-10H,1-7H3,(H,19,22). The van der Waals surface area contributed by atoms with Crippen LogP contribution >= 0.6 is 0 Å². The van der Waals surface area contributed by atoms with E-state index in [4.69, 9.17) is 0 Å². The van der Waals surface area contributed by atoms with Crippen molar-refractivity contribution in [1.29, 1.82) is 0 Å². The molecule has 5 heteroatoms. The van der Waals surface area contributed by atoms with Gasteiger partial charge in [0.1, 0.15) is 0 Å². The van der Waals surface area contributed by atoms with Gasteiger partial charge in [0.25, 0.3) is 5.91 Å². The van der Waals surface area contributed by atoms with E-state index in [1.54, 1.807) is 26.8 Å². The van der Waals surface area contributed by atoms with Crippen LogP contribution in [0.3, 0.4) is 0 Å². The van der Waals surface area contributed by atoms with Crippen molar-refractivity contribution in [3.8, 4) is 0 Å². The molecule has 0 aromatic heterocycles. The molecule has 0 atom stereocenters. The first-order valence-corrected chi connectivity index (χ1v) is 7.46. The zero-order valence-corrected chi connectivity index (χ0v) is 14.9. The molecule has 0 fully saturated rings. The van der Waals surface area contributed by atoms with Gasteiger partial charge < -0.3 is 0 Å². The molecule has 0 aliphatic heterocycles. The molecule has 0 aliphatic carbocycles. The molecule has 0 unspecified atom stereocenters. The average Bonchev–Trinajstić information content (AvgIpc) is 2.43. The number of nitrogens with one attached hydrogen (secondary N) is 1. The van der Waals surface area contributed by atoms with Gasteiger partial charge in [0.15, 0.2) is 11.6 Å². The van der Waals surface area contributed by atoms with E-state index in [2.05, 4.69) is 10.3 Å². The molecule has 0 radical (unpaired) electrons. The van der Waals surface area contributed by atoms with Crippen LogP contribution in [0.5, 0.6) is 0 Å². The highest BCUT2D eigenvalue weighted by atomic mass is 16.6. The lowest BCUT2D eigenvalue weighted by Gasteiger charge is -2.21. The second-order valence-corrected chi connectivity index (χ2v) is 7.55. The minimum atomic E-state index is -0.675. The van der Waals surface area contributed by atoms with E-state index < -0.39 is 16.7 Å². The smallest absolute Gasteiger partial charge is 0.275 e. The maximum absolute atomic E-state index is 12.7. The summed E-state index contributed by atoms with van der Waals surface area (Å²) < 4.78 is 0. The van der Waals surface area contributed by atoms with E-state index in [1.165, 1.54) is 19.2 Å². The molecule has 23 heavy (non-hydrogen) atoms. The minimum Gasteiger partial charge on any atom is -0.294 e. The molecule has 0 spiro atoms. The van der Waals surface area contributed by atoms with Crippen molar-refractivity contribution in [2.75, 3.05) is 7.11 Å². The largest absolute Gasteiger partial charge is 0.294 e. The Labute approximate surface area is 137 Å². The van der Waals surface area contributed by atoms with E-state index in [0.717, 1.165) is 0 Å². The van der Waals surface area contributed by atoms with Gasteiger partial charge in [-0.1, -0.05) is 47.6 Å². The minimum absolute atomic E-state index is 0.0841. The van der Waals surface area contributed by atoms with Gasteiger partial charge in [0.2, 0.25) is 0 Å². The molecule has 1 amide bonds. The van der Waals surface area contributed by atoms with Crippen LogP contribution < -0.4 is 5.48 Å². The fourth-order valence-corrected chi connectivity index (χ4v) is 2.06. The van der Waals surface area contributed by atoms with Crippen molar-refractivity contribution >= 4 is 17.5 Å². The van der Waals surface area contributed by atoms with Gasteiger partial charge in [-0.05, 0) is 12.1 Å². The summed E-state index contributed by atoms with van der Waals surface area (Å²) in [5.41, 5.74) is 1.80. The number of benzene rings is 1. The molecule has 1 aromatic carbocycles. The second-order valence-electron chi connectivity index (χ2n) is 7.55. The molecule has 0 saturated heterocycles. The fourth-order valence-electron chi connectivity index (χ4n) is 2.06. The van der Waals surface area contributed by atoms with Crippen LogP contribution in [0.1, 0.15) is 72.6 Å². The van der Waals surface area contributed by atoms with E-state index in [9.17, 15) is 14.4 Å². The Kier molecular flexibility index (Phi) is 5.48. The van der Waals surface area contributed by atoms with Gasteiger partial charge in [0, 0.05) is 22.0 Å². The predicted molar refractivity (Wildman–Crippen MR) is 88.5 cm³/mol. The zero-order valence-electron chi connectivity index (χ0n) is 14.9. The van der Waals surface area contributed by atoms with Gasteiger partial charge in [-0.25, -0.2) is 5.48 Å². The van der Waals surface area contributed by atoms with Gasteiger partial charge in [-0.15, -0.1) is 0 Å².